The molecule has 0 bridgehead atoms. The van der Waals surface area contributed by atoms with E-state index in [-0.39, 0.29) is 11.9 Å². The van der Waals surface area contributed by atoms with Gasteiger partial charge in [0.25, 0.3) is 5.91 Å². The maximum atomic E-state index is 12.3. The number of hydrogen-bond acceptors (Lipinski definition) is 1. The second-order valence-corrected chi connectivity index (χ2v) is 5.46. The number of benzene rings is 2. The van der Waals surface area contributed by atoms with Crippen LogP contribution in [0.2, 0.25) is 5.02 Å². The molecule has 3 nitrogen and oxygen atoms in total. The van der Waals surface area contributed by atoms with Crippen LogP contribution in [0.5, 0.6) is 0 Å². The van der Waals surface area contributed by atoms with Crippen molar-refractivity contribution in [3.05, 3.63) is 70.9 Å². The van der Waals surface area contributed by atoms with Crippen LogP contribution in [-0.2, 0) is 0 Å². The molecule has 0 aliphatic carbocycles. The molecule has 4 heteroatoms. The second-order valence-electron chi connectivity index (χ2n) is 5.02. The molecular weight excluding hydrogens is 284 g/mol. The normalized spacial score (nSPS) is 12.3. The molecule has 0 radical (unpaired) electrons. The van der Waals surface area contributed by atoms with Gasteiger partial charge in [-0.15, -0.1) is 0 Å². The van der Waals surface area contributed by atoms with Crippen LogP contribution in [0.25, 0.3) is 10.9 Å². The van der Waals surface area contributed by atoms with Gasteiger partial charge in [-0.05, 0) is 36.8 Å². The van der Waals surface area contributed by atoms with Crippen LogP contribution >= 0.6 is 11.6 Å². The molecule has 1 atom stereocenters. The summed E-state index contributed by atoms with van der Waals surface area (Å²) in [6.07, 6.45) is 0. The zero-order valence-corrected chi connectivity index (χ0v) is 12.3. The van der Waals surface area contributed by atoms with Gasteiger partial charge in [-0.1, -0.05) is 41.9 Å². The summed E-state index contributed by atoms with van der Waals surface area (Å²) < 4.78 is 0. The Hall–Kier alpha value is -2.26. The number of amides is 1. The van der Waals surface area contributed by atoms with Crippen molar-refractivity contribution in [2.75, 3.05) is 0 Å². The number of fused-ring (bicyclic) bond motifs is 1. The van der Waals surface area contributed by atoms with Crippen LogP contribution in [0.3, 0.4) is 0 Å². The average Bonchev–Trinajstić information content (AvgIpc) is 2.91. The quantitative estimate of drug-likeness (QED) is 0.743. The monoisotopic (exact) mass is 298 g/mol. The summed E-state index contributed by atoms with van der Waals surface area (Å²) in [5, 5.41) is 4.57. The van der Waals surface area contributed by atoms with Crippen LogP contribution in [0.1, 0.15) is 29.0 Å². The van der Waals surface area contributed by atoms with E-state index in [1.165, 1.54) is 0 Å². The molecule has 0 unspecified atom stereocenters. The van der Waals surface area contributed by atoms with E-state index in [0.29, 0.717) is 10.7 Å². The van der Waals surface area contributed by atoms with Crippen molar-refractivity contribution < 1.29 is 4.79 Å². The van der Waals surface area contributed by atoms with E-state index in [2.05, 4.69) is 10.3 Å². The van der Waals surface area contributed by atoms with Gasteiger partial charge in [-0.3, -0.25) is 4.79 Å². The minimum absolute atomic E-state index is 0.0475. The number of aromatic amines is 1. The predicted octanol–water partition coefficient (Wildman–Crippen LogP) is 4.31. The fourth-order valence-electron chi connectivity index (χ4n) is 2.33. The van der Waals surface area contributed by atoms with E-state index in [1.54, 1.807) is 6.07 Å². The summed E-state index contributed by atoms with van der Waals surface area (Å²) in [5.74, 6) is -0.126. The number of aromatic nitrogens is 1. The Bertz CT molecular complexity index is 780. The number of rotatable bonds is 3. The van der Waals surface area contributed by atoms with Crippen molar-refractivity contribution in [2.24, 2.45) is 0 Å². The molecule has 2 N–H and O–H groups in total. The van der Waals surface area contributed by atoms with Crippen LogP contribution < -0.4 is 5.32 Å². The summed E-state index contributed by atoms with van der Waals surface area (Å²) in [6, 6.07) is 17.1. The molecule has 0 aliphatic rings. The van der Waals surface area contributed by atoms with E-state index < -0.39 is 0 Å². The van der Waals surface area contributed by atoms with Gasteiger partial charge in [0.15, 0.2) is 0 Å². The molecule has 2 aromatic carbocycles. The highest BCUT2D eigenvalue weighted by atomic mass is 35.5. The van der Waals surface area contributed by atoms with Gasteiger partial charge in [-0.25, -0.2) is 0 Å². The number of carbonyl (C=O) groups excluding carboxylic acids is 1. The third-order valence-corrected chi connectivity index (χ3v) is 3.71. The Labute approximate surface area is 127 Å². The van der Waals surface area contributed by atoms with Crippen molar-refractivity contribution in [3.8, 4) is 0 Å². The van der Waals surface area contributed by atoms with Gasteiger partial charge in [-0.2, -0.15) is 0 Å². The van der Waals surface area contributed by atoms with Gasteiger partial charge >= 0.3 is 0 Å². The first-order chi connectivity index (χ1) is 10.1. The SMILES string of the molecule is C[C@H](NC(=O)c1cc2cc(Cl)ccc2[nH]1)c1ccccc1. The first kappa shape index (κ1) is 13.7. The smallest absolute Gasteiger partial charge is 0.268 e. The maximum Gasteiger partial charge on any atom is 0.268 e. The molecule has 1 aromatic heterocycles. The van der Waals surface area contributed by atoms with E-state index >= 15 is 0 Å². The Morgan fingerprint density at radius 1 is 1.14 bits per heavy atom. The molecule has 1 amide bonds. The summed E-state index contributed by atoms with van der Waals surface area (Å²) in [6.45, 7) is 1.97. The lowest BCUT2D eigenvalue weighted by Gasteiger charge is -2.13. The standard InChI is InChI=1S/C17H15ClN2O/c1-11(12-5-3-2-4-6-12)19-17(21)16-10-13-9-14(18)7-8-15(13)20-16/h2-11,20H,1H3,(H,19,21)/t11-/m0/s1. The molecular formula is C17H15ClN2O. The highest BCUT2D eigenvalue weighted by Crippen LogP contribution is 2.20. The molecule has 0 saturated carbocycles. The van der Waals surface area contributed by atoms with Gasteiger partial charge in [0.05, 0.1) is 6.04 Å². The number of H-pyrrole nitrogens is 1. The predicted molar refractivity (Wildman–Crippen MR) is 85.6 cm³/mol. The molecule has 3 rings (SSSR count). The zero-order chi connectivity index (χ0) is 14.8. The van der Waals surface area contributed by atoms with Gasteiger partial charge in [0.2, 0.25) is 0 Å². The van der Waals surface area contributed by atoms with Crippen molar-refractivity contribution in [2.45, 2.75) is 13.0 Å². The lowest BCUT2D eigenvalue weighted by Crippen LogP contribution is -2.26. The van der Waals surface area contributed by atoms with Crippen LogP contribution in [0.15, 0.2) is 54.6 Å². The second kappa shape index (κ2) is 5.62. The molecule has 3 aromatic rings. The van der Waals surface area contributed by atoms with Crippen molar-refractivity contribution in [3.63, 3.8) is 0 Å². The van der Waals surface area contributed by atoms with Gasteiger partial charge in [0, 0.05) is 15.9 Å². The largest absolute Gasteiger partial charge is 0.351 e. The number of halogens is 1. The highest BCUT2D eigenvalue weighted by Gasteiger charge is 2.13. The zero-order valence-electron chi connectivity index (χ0n) is 11.6. The number of hydrogen-bond donors (Lipinski definition) is 2. The number of nitrogens with one attached hydrogen (secondary N) is 2. The van der Waals surface area contributed by atoms with E-state index in [0.717, 1.165) is 16.5 Å². The minimum atomic E-state index is -0.126. The Kier molecular flexibility index (Phi) is 3.67. The third-order valence-electron chi connectivity index (χ3n) is 3.47. The topological polar surface area (TPSA) is 44.9 Å². The lowest BCUT2D eigenvalue weighted by molar-refractivity contribution is 0.0935. The van der Waals surface area contributed by atoms with Crippen molar-refractivity contribution in [1.82, 2.24) is 10.3 Å². The molecule has 0 aliphatic heterocycles. The van der Waals surface area contributed by atoms with Crippen LogP contribution in [0, 0.1) is 0 Å². The number of carbonyl (C=O) groups is 1. The summed E-state index contributed by atoms with van der Waals surface area (Å²) in [4.78, 5) is 15.4. The van der Waals surface area contributed by atoms with E-state index in [9.17, 15) is 4.79 Å². The molecule has 0 saturated heterocycles. The molecule has 0 fully saturated rings. The fraction of sp³-hybridized carbons (Fsp3) is 0.118. The Balaban J connectivity index is 1.80. The van der Waals surface area contributed by atoms with Gasteiger partial charge in [0.1, 0.15) is 5.69 Å². The van der Waals surface area contributed by atoms with Crippen molar-refractivity contribution in [1.29, 1.82) is 0 Å². The van der Waals surface area contributed by atoms with E-state index in [4.69, 9.17) is 11.6 Å². The average molecular weight is 299 g/mol. The summed E-state index contributed by atoms with van der Waals surface area (Å²) in [7, 11) is 0. The molecule has 0 spiro atoms. The summed E-state index contributed by atoms with van der Waals surface area (Å²) in [5.41, 5.74) is 2.51. The Morgan fingerprint density at radius 2 is 1.90 bits per heavy atom. The van der Waals surface area contributed by atoms with Crippen molar-refractivity contribution >= 4 is 28.4 Å². The third kappa shape index (κ3) is 2.93. The minimum Gasteiger partial charge on any atom is -0.351 e. The molecule has 1 heterocycles. The maximum absolute atomic E-state index is 12.3. The summed E-state index contributed by atoms with van der Waals surface area (Å²) >= 11 is 5.96. The fourth-order valence-corrected chi connectivity index (χ4v) is 2.51. The first-order valence-corrected chi connectivity index (χ1v) is 7.15. The lowest BCUT2D eigenvalue weighted by atomic mass is 10.1. The Morgan fingerprint density at radius 3 is 2.67 bits per heavy atom. The van der Waals surface area contributed by atoms with E-state index in [1.807, 2.05) is 55.5 Å². The van der Waals surface area contributed by atoms with Crippen LogP contribution in [-0.4, -0.2) is 10.9 Å². The molecule has 21 heavy (non-hydrogen) atoms. The first-order valence-electron chi connectivity index (χ1n) is 6.77. The highest BCUT2D eigenvalue weighted by molar-refractivity contribution is 6.31. The van der Waals surface area contributed by atoms with Gasteiger partial charge < -0.3 is 10.3 Å². The molecule has 106 valence electrons. The van der Waals surface area contributed by atoms with Crippen LogP contribution in [0.4, 0.5) is 0 Å².